The number of nitrogens with zero attached hydrogens (tertiary/aromatic N) is 4. The molecule has 0 spiro atoms. The number of hydrogen-bond acceptors (Lipinski definition) is 7. The van der Waals surface area contributed by atoms with E-state index in [4.69, 9.17) is 5.73 Å². The third-order valence-electron chi connectivity index (χ3n) is 6.55. The molecule has 0 bridgehead atoms. The smallest absolute Gasteiger partial charge is 0.253 e. The van der Waals surface area contributed by atoms with E-state index < -0.39 is 0 Å². The van der Waals surface area contributed by atoms with Gasteiger partial charge in [-0.2, -0.15) is 0 Å². The SMILES string of the molecule is Cn1c(-c2nc(N)ncc2C#Cc2cccc(CC(=O)Nc3ccc4ncsc4c3)c2)cc2c1CCNC2=O. The van der Waals surface area contributed by atoms with Gasteiger partial charge in [-0.15, -0.1) is 11.3 Å². The summed E-state index contributed by atoms with van der Waals surface area (Å²) in [5.41, 5.74) is 14.4. The van der Waals surface area contributed by atoms with Crippen molar-refractivity contribution in [3.63, 3.8) is 0 Å². The molecule has 0 fully saturated rings. The van der Waals surface area contributed by atoms with Crippen molar-refractivity contribution in [1.82, 2.24) is 24.8 Å². The lowest BCUT2D eigenvalue weighted by atomic mass is 10.1. The maximum absolute atomic E-state index is 12.7. The van der Waals surface area contributed by atoms with Gasteiger partial charge in [0.15, 0.2) is 0 Å². The Kier molecular flexibility index (Phi) is 6.26. The minimum absolute atomic E-state index is 0.0994. The van der Waals surface area contributed by atoms with Crippen LogP contribution in [0.2, 0.25) is 0 Å². The van der Waals surface area contributed by atoms with E-state index in [1.54, 1.807) is 11.7 Å². The first kappa shape index (κ1) is 24.3. The highest BCUT2D eigenvalue weighted by molar-refractivity contribution is 7.16. The molecular weight excluding hydrogens is 510 g/mol. The topological polar surface area (TPSA) is 128 Å². The molecule has 1 aliphatic heterocycles. The van der Waals surface area contributed by atoms with Crippen LogP contribution in [0, 0.1) is 11.8 Å². The van der Waals surface area contributed by atoms with Gasteiger partial charge in [0.05, 0.1) is 39.0 Å². The third-order valence-corrected chi connectivity index (χ3v) is 7.34. The predicted molar refractivity (Wildman–Crippen MR) is 151 cm³/mol. The molecule has 3 aromatic heterocycles. The van der Waals surface area contributed by atoms with E-state index in [2.05, 4.69) is 37.4 Å². The number of nitrogen functional groups attached to an aromatic ring is 1. The number of anilines is 2. The van der Waals surface area contributed by atoms with Crippen LogP contribution in [-0.4, -0.2) is 37.9 Å². The van der Waals surface area contributed by atoms with Crippen LogP contribution in [0.25, 0.3) is 21.6 Å². The molecule has 0 atom stereocenters. The average molecular weight is 534 g/mol. The molecule has 0 aliphatic carbocycles. The molecule has 9 nitrogen and oxygen atoms in total. The number of aromatic nitrogens is 4. The van der Waals surface area contributed by atoms with Gasteiger partial charge in [-0.05, 0) is 42.0 Å². The summed E-state index contributed by atoms with van der Waals surface area (Å²) in [6.07, 6.45) is 2.54. The largest absolute Gasteiger partial charge is 0.368 e. The number of hydrogen-bond donors (Lipinski definition) is 3. The number of amides is 2. The fraction of sp³-hybridized carbons (Fsp3) is 0.138. The number of carbonyl (C=O) groups is 2. The Bertz CT molecular complexity index is 1830. The summed E-state index contributed by atoms with van der Waals surface area (Å²) in [6.45, 7) is 0.595. The van der Waals surface area contributed by atoms with E-state index in [1.165, 1.54) is 11.3 Å². The number of nitrogens with one attached hydrogen (secondary N) is 2. The first-order valence-electron chi connectivity index (χ1n) is 12.3. The summed E-state index contributed by atoms with van der Waals surface area (Å²) >= 11 is 1.53. The van der Waals surface area contributed by atoms with Crippen molar-refractivity contribution in [1.29, 1.82) is 0 Å². The van der Waals surface area contributed by atoms with Gasteiger partial charge in [0.25, 0.3) is 5.91 Å². The second-order valence-electron chi connectivity index (χ2n) is 9.16. The molecule has 1 aliphatic rings. The number of rotatable bonds is 4. The Morgan fingerprint density at radius 1 is 1.18 bits per heavy atom. The molecule has 4 heterocycles. The summed E-state index contributed by atoms with van der Waals surface area (Å²) in [6, 6.07) is 15.0. The standard InChI is InChI=1S/C29H23N7O2S/c1-36-23-9-10-31-28(38)21(23)14-24(36)27-19(15-32-29(30)35-27)6-5-17-3-2-4-18(11-17)12-26(37)34-20-7-8-22-25(13-20)39-16-33-22/h2-4,7-8,11,13-16H,9-10,12H2,1H3,(H,31,38)(H,34,37)(H2,30,32,35). The molecule has 0 unspecified atom stereocenters. The number of benzene rings is 2. The van der Waals surface area contributed by atoms with Gasteiger partial charge in [-0.1, -0.05) is 24.0 Å². The Morgan fingerprint density at radius 2 is 2.08 bits per heavy atom. The van der Waals surface area contributed by atoms with Gasteiger partial charge < -0.3 is 20.9 Å². The molecule has 5 aromatic rings. The van der Waals surface area contributed by atoms with Crippen molar-refractivity contribution < 1.29 is 9.59 Å². The normalized spacial score (nSPS) is 12.4. The Hall–Kier alpha value is -5.01. The summed E-state index contributed by atoms with van der Waals surface area (Å²) in [4.78, 5) is 37.9. The molecule has 0 saturated heterocycles. The molecule has 10 heteroatoms. The monoisotopic (exact) mass is 533 g/mol. The lowest BCUT2D eigenvalue weighted by Crippen LogP contribution is -2.31. The fourth-order valence-corrected chi connectivity index (χ4v) is 5.38. The number of thiazole rings is 1. The van der Waals surface area contributed by atoms with Gasteiger partial charge in [0.2, 0.25) is 11.9 Å². The lowest BCUT2D eigenvalue weighted by Gasteiger charge is -2.14. The van der Waals surface area contributed by atoms with E-state index in [0.29, 0.717) is 23.4 Å². The van der Waals surface area contributed by atoms with Crippen LogP contribution in [0.4, 0.5) is 11.6 Å². The van der Waals surface area contributed by atoms with E-state index in [9.17, 15) is 9.59 Å². The summed E-state index contributed by atoms with van der Waals surface area (Å²) in [5.74, 6) is 6.23. The van der Waals surface area contributed by atoms with Gasteiger partial charge in [-0.25, -0.2) is 15.0 Å². The second-order valence-corrected chi connectivity index (χ2v) is 10.0. The van der Waals surface area contributed by atoms with E-state index in [-0.39, 0.29) is 24.2 Å². The Labute approximate surface area is 228 Å². The molecule has 0 radical (unpaired) electrons. The molecule has 2 amide bonds. The van der Waals surface area contributed by atoms with Gasteiger partial charge >= 0.3 is 0 Å². The van der Waals surface area contributed by atoms with Crippen LogP contribution >= 0.6 is 11.3 Å². The molecular formula is C29H23N7O2S. The quantitative estimate of drug-likeness (QED) is 0.303. The number of nitrogens with two attached hydrogens (primary N) is 1. The van der Waals surface area contributed by atoms with E-state index in [1.807, 2.05) is 60.1 Å². The van der Waals surface area contributed by atoms with Crippen molar-refractivity contribution in [3.05, 3.63) is 88.2 Å². The highest BCUT2D eigenvalue weighted by Crippen LogP contribution is 2.28. The van der Waals surface area contributed by atoms with Crippen LogP contribution < -0.4 is 16.4 Å². The minimum atomic E-state index is -0.116. The van der Waals surface area contributed by atoms with Crippen LogP contribution in [0.15, 0.2) is 60.2 Å². The number of carbonyl (C=O) groups excluding carboxylic acids is 2. The summed E-state index contributed by atoms with van der Waals surface area (Å²) in [7, 11) is 1.91. The van der Waals surface area contributed by atoms with Gasteiger partial charge in [0, 0.05) is 43.2 Å². The van der Waals surface area contributed by atoms with E-state index >= 15 is 0 Å². The lowest BCUT2D eigenvalue weighted by molar-refractivity contribution is -0.115. The first-order chi connectivity index (χ1) is 18.9. The van der Waals surface area contributed by atoms with Crippen molar-refractivity contribution in [2.75, 3.05) is 17.6 Å². The Balaban J connectivity index is 1.24. The zero-order chi connectivity index (χ0) is 26.9. The molecule has 4 N–H and O–H groups in total. The molecule has 6 rings (SSSR count). The maximum atomic E-state index is 12.7. The van der Waals surface area contributed by atoms with Gasteiger partial charge in [0.1, 0.15) is 5.69 Å². The minimum Gasteiger partial charge on any atom is -0.368 e. The van der Waals surface area contributed by atoms with Gasteiger partial charge in [-0.3, -0.25) is 9.59 Å². The van der Waals surface area contributed by atoms with Crippen molar-refractivity contribution >= 4 is 45.0 Å². The van der Waals surface area contributed by atoms with Crippen molar-refractivity contribution in [2.24, 2.45) is 7.05 Å². The molecule has 192 valence electrons. The van der Waals surface area contributed by atoms with Crippen LogP contribution in [-0.2, 0) is 24.7 Å². The fourth-order valence-electron chi connectivity index (χ4n) is 4.66. The summed E-state index contributed by atoms with van der Waals surface area (Å²) in [5, 5.41) is 5.83. The average Bonchev–Trinajstić information content (AvgIpc) is 3.53. The molecule has 2 aromatic carbocycles. The van der Waals surface area contributed by atoms with Crippen LogP contribution in [0.3, 0.4) is 0 Å². The second kappa shape index (κ2) is 10.0. The first-order valence-corrected chi connectivity index (χ1v) is 13.2. The van der Waals surface area contributed by atoms with Crippen LogP contribution in [0.1, 0.15) is 32.7 Å². The Morgan fingerprint density at radius 3 is 2.95 bits per heavy atom. The third kappa shape index (κ3) is 4.95. The highest BCUT2D eigenvalue weighted by atomic mass is 32.1. The predicted octanol–water partition coefficient (Wildman–Crippen LogP) is 3.54. The zero-order valence-corrected chi connectivity index (χ0v) is 21.8. The molecule has 39 heavy (non-hydrogen) atoms. The van der Waals surface area contributed by atoms with Crippen molar-refractivity contribution in [3.8, 4) is 23.2 Å². The van der Waals surface area contributed by atoms with Crippen LogP contribution in [0.5, 0.6) is 0 Å². The number of fused-ring (bicyclic) bond motifs is 2. The maximum Gasteiger partial charge on any atom is 0.253 e. The summed E-state index contributed by atoms with van der Waals surface area (Å²) < 4.78 is 2.99. The molecule has 0 saturated carbocycles. The zero-order valence-electron chi connectivity index (χ0n) is 21.0. The highest BCUT2D eigenvalue weighted by Gasteiger charge is 2.24. The van der Waals surface area contributed by atoms with E-state index in [0.717, 1.165) is 44.8 Å². The van der Waals surface area contributed by atoms with Crippen molar-refractivity contribution in [2.45, 2.75) is 12.8 Å².